The van der Waals surface area contributed by atoms with Crippen molar-refractivity contribution in [2.45, 2.75) is 19.3 Å². The van der Waals surface area contributed by atoms with Gasteiger partial charge in [-0.25, -0.2) is 4.79 Å². The van der Waals surface area contributed by atoms with Crippen molar-refractivity contribution in [1.82, 2.24) is 9.80 Å². The quantitative estimate of drug-likeness (QED) is 0.666. The van der Waals surface area contributed by atoms with Gasteiger partial charge in [-0.2, -0.15) is 0 Å². The highest BCUT2D eigenvalue weighted by Gasteiger charge is 2.47. The van der Waals surface area contributed by atoms with Gasteiger partial charge in [-0.1, -0.05) is 0 Å². The van der Waals surface area contributed by atoms with Gasteiger partial charge in [-0.05, 0) is 31.2 Å². The predicted molar refractivity (Wildman–Crippen MR) is 55.1 cm³/mol. The first-order valence-electron chi connectivity index (χ1n) is 5.33. The molecule has 2 N–H and O–H groups in total. The number of nitrogens with zero attached hydrogens (tertiary/aromatic N) is 2. The van der Waals surface area contributed by atoms with Crippen LogP contribution in [0.3, 0.4) is 0 Å². The van der Waals surface area contributed by atoms with Crippen molar-refractivity contribution in [3.05, 3.63) is 0 Å². The number of hydrogen-bond donors (Lipinski definition) is 1. The Bertz CT molecular complexity index is 299. The molecular formula is C10H17N3O2. The van der Waals surface area contributed by atoms with Crippen molar-refractivity contribution in [2.75, 3.05) is 26.7 Å². The van der Waals surface area contributed by atoms with E-state index in [1.807, 2.05) is 0 Å². The second-order valence-electron chi connectivity index (χ2n) is 4.66. The molecule has 1 aliphatic heterocycles. The van der Waals surface area contributed by atoms with Gasteiger partial charge < -0.3 is 10.6 Å². The Balaban J connectivity index is 2.00. The highest BCUT2D eigenvalue weighted by molar-refractivity contribution is 6.01. The first-order chi connectivity index (χ1) is 7.08. The van der Waals surface area contributed by atoms with Crippen LogP contribution in [0.4, 0.5) is 4.79 Å². The number of urea groups is 1. The summed E-state index contributed by atoms with van der Waals surface area (Å²) in [5.41, 5.74) is 5.67. The van der Waals surface area contributed by atoms with Crippen LogP contribution in [-0.2, 0) is 4.79 Å². The summed E-state index contributed by atoms with van der Waals surface area (Å²) in [5.74, 6) is -0.0780. The number of imide groups is 1. The van der Waals surface area contributed by atoms with Crippen LogP contribution in [0.15, 0.2) is 0 Å². The van der Waals surface area contributed by atoms with Gasteiger partial charge in [-0.3, -0.25) is 9.69 Å². The molecule has 2 aliphatic rings. The molecule has 0 aromatic heterocycles. The molecule has 1 saturated carbocycles. The van der Waals surface area contributed by atoms with E-state index in [1.54, 1.807) is 7.05 Å². The fourth-order valence-corrected chi connectivity index (χ4v) is 2.13. The van der Waals surface area contributed by atoms with E-state index in [4.69, 9.17) is 5.73 Å². The lowest BCUT2D eigenvalue weighted by Crippen LogP contribution is -2.37. The third-order valence-electron chi connectivity index (χ3n) is 3.36. The average molecular weight is 211 g/mol. The largest absolute Gasteiger partial charge is 0.330 e. The van der Waals surface area contributed by atoms with Crippen LogP contribution < -0.4 is 5.73 Å². The topological polar surface area (TPSA) is 66.6 Å². The predicted octanol–water partition coefficient (Wildman–Crippen LogP) is 0.00940. The Morgan fingerprint density at radius 2 is 2.07 bits per heavy atom. The van der Waals surface area contributed by atoms with Gasteiger partial charge in [0.05, 0.1) is 0 Å². The van der Waals surface area contributed by atoms with Crippen molar-refractivity contribution in [3.63, 3.8) is 0 Å². The molecule has 84 valence electrons. The molecule has 5 heteroatoms. The molecule has 0 radical (unpaired) electrons. The molecule has 2 fully saturated rings. The van der Waals surface area contributed by atoms with Crippen LogP contribution in [-0.4, -0.2) is 48.4 Å². The molecule has 0 spiro atoms. The monoisotopic (exact) mass is 211 g/mol. The number of amides is 3. The van der Waals surface area contributed by atoms with Crippen LogP contribution in [0.1, 0.15) is 19.3 Å². The van der Waals surface area contributed by atoms with E-state index in [1.165, 1.54) is 9.80 Å². The van der Waals surface area contributed by atoms with Crippen LogP contribution in [0.2, 0.25) is 0 Å². The molecule has 2 rings (SSSR count). The summed E-state index contributed by atoms with van der Waals surface area (Å²) in [5, 5.41) is 0. The molecular weight excluding hydrogens is 194 g/mol. The summed E-state index contributed by atoms with van der Waals surface area (Å²) in [6.07, 6.45) is 3.09. The third kappa shape index (κ3) is 1.84. The van der Waals surface area contributed by atoms with Crippen molar-refractivity contribution >= 4 is 11.9 Å². The second kappa shape index (κ2) is 3.48. The molecule has 5 nitrogen and oxygen atoms in total. The fraction of sp³-hybridized carbons (Fsp3) is 0.800. The lowest BCUT2D eigenvalue weighted by Gasteiger charge is -2.21. The van der Waals surface area contributed by atoms with E-state index >= 15 is 0 Å². The molecule has 0 atom stereocenters. The number of carbonyl (C=O) groups is 2. The van der Waals surface area contributed by atoms with Crippen molar-refractivity contribution < 1.29 is 9.59 Å². The standard InChI is InChI=1S/C10H17N3O2/c1-12-6-8(14)13(9(12)15)7-10(2-3-10)4-5-11/h2-7,11H2,1H3. The van der Waals surface area contributed by atoms with Gasteiger partial charge in [0, 0.05) is 13.6 Å². The van der Waals surface area contributed by atoms with Gasteiger partial charge in [0.2, 0.25) is 5.91 Å². The molecule has 1 heterocycles. The third-order valence-corrected chi connectivity index (χ3v) is 3.36. The summed E-state index contributed by atoms with van der Waals surface area (Å²) in [7, 11) is 1.66. The zero-order valence-electron chi connectivity index (χ0n) is 9.03. The Morgan fingerprint density at radius 3 is 2.47 bits per heavy atom. The molecule has 0 aromatic rings. The Labute approximate surface area is 89.2 Å². The summed E-state index contributed by atoms with van der Waals surface area (Å²) in [6.45, 7) is 1.41. The molecule has 0 bridgehead atoms. The number of hydrogen-bond acceptors (Lipinski definition) is 3. The Hall–Kier alpha value is -1.10. The van der Waals surface area contributed by atoms with Gasteiger partial charge in [0.25, 0.3) is 0 Å². The average Bonchev–Trinajstić information content (AvgIpc) is 2.89. The van der Waals surface area contributed by atoms with E-state index in [9.17, 15) is 9.59 Å². The van der Waals surface area contributed by atoms with Crippen LogP contribution in [0, 0.1) is 5.41 Å². The number of likely N-dealkylation sites (N-methyl/N-ethyl adjacent to an activating group) is 1. The minimum atomic E-state index is -0.164. The van der Waals surface area contributed by atoms with Crippen LogP contribution >= 0.6 is 0 Å². The zero-order valence-corrected chi connectivity index (χ0v) is 9.03. The van der Waals surface area contributed by atoms with Crippen LogP contribution in [0.25, 0.3) is 0 Å². The summed E-state index contributed by atoms with van der Waals surface area (Å²) < 4.78 is 0. The normalized spacial score (nSPS) is 23.9. The SMILES string of the molecule is CN1CC(=O)N(CC2(CCN)CC2)C1=O. The summed E-state index contributed by atoms with van der Waals surface area (Å²) in [6, 6.07) is -0.164. The smallest absolute Gasteiger partial charge is 0.326 e. The molecule has 15 heavy (non-hydrogen) atoms. The number of rotatable bonds is 4. The maximum Gasteiger partial charge on any atom is 0.326 e. The summed E-state index contributed by atoms with van der Waals surface area (Å²) >= 11 is 0. The zero-order chi connectivity index (χ0) is 11.1. The van der Waals surface area contributed by atoms with E-state index in [0.717, 1.165) is 19.3 Å². The Morgan fingerprint density at radius 1 is 1.40 bits per heavy atom. The minimum absolute atomic E-state index is 0.0780. The van der Waals surface area contributed by atoms with Crippen molar-refractivity contribution in [1.29, 1.82) is 0 Å². The first kappa shape index (κ1) is 10.4. The second-order valence-corrected chi connectivity index (χ2v) is 4.66. The highest BCUT2D eigenvalue weighted by atomic mass is 16.2. The Kier molecular flexibility index (Phi) is 2.42. The molecule has 1 aliphatic carbocycles. The van der Waals surface area contributed by atoms with Gasteiger partial charge in [-0.15, -0.1) is 0 Å². The molecule has 3 amide bonds. The number of nitrogens with two attached hydrogens (primary N) is 1. The van der Waals surface area contributed by atoms with Crippen LogP contribution in [0.5, 0.6) is 0 Å². The molecule has 1 saturated heterocycles. The van der Waals surface area contributed by atoms with Gasteiger partial charge in [0.1, 0.15) is 6.54 Å². The number of carbonyl (C=O) groups excluding carboxylic acids is 2. The first-order valence-corrected chi connectivity index (χ1v) is 5.33. The maximum absolute atomic E-state index is 11.6. The van der Waals surface area contributed by atoms with Gasteiger partial charge >= 0.3 is 6.03 Å². The van der Waals surface area contributed by atoms with Crippen molar-refractivity contribution in [2.24, 2.45) is 11.1 Å². The van der Waals surface area contributed by atoms with E-state index in [-0.39, 0.29) is 23.9 Å². The summed E-state index contributed by atoms with van der Waals surface area (Å²) in [4.78, 5) is 26.0. The van der Waals surface area contributed by atoms with Crippen molar-refractivity contribution in [3.8, 4) is 0 Å². The lowest BCUT2D eigenvalue weighted by molar-refractivity contribution is -0.125. The van der Waals surface area contributed by atoms with E-state index < -0.39 is 0 Å². The lowest BCUT2D eigenvalue weighted by atomic mass is 10.0. The van der Waals surface area contributed by atoms with Gasteiger partial charge in [0.15, 0.2) is 0 Å². The molecule has 0 unspecified atom stereocenters. The van der Waals surface area contributed by atoms with E-state index in [0.29, 0.717) is 13.1 Å². The fourth-order valence-electron chi connectivity index (χ4n) is 2.13. The minimum Gasteiger partial charge on any atom is -0.330 e. The highest BCUT2D eigenvalue weighted by Crippen LogP contribution is 2.49. The molecule has 0 aromatic carbocycles. The van der Waals surface area contributed by atoms with E-state index in [2.05, 4.69) is 0 Å². The maximum atomic E-state index is 11.6.